The molecule has 6 aromatic carbocycles. The van der Waals surface area contributed by atoms with Gasteiger partial charge in [-0.15, -0.1) is 0 Å². The summed E-state index contributed by atoms with van der Waals surface area (Å²) in [5.41, 5.74) is 5.93. The van der Waals surface area contributed by atoms with Crippen LogP contribution in [0.4, 0.5) is 26.3 Å². The molecule has 1 saturated carbocycles. The Labute approximate surface area is 339 Å². The molecule has 9 heteroatoms. The van der Waals surface area contributed by atoms with Gasteiger partial charge in [0.25, 0.3) is 0 Å². The van der Waals surface area contributed by atoms with Gasteiger partial charge in [-0.2, -0.15) is 26.3 Å². The molecular formula is C51H32F6N2O. The van der Waals surface area contributed by atoms with Crippen LogP contribution in [0.5, 0.6) is 0 Å². The van der Waals surface area contributed by atoms with E-state index in [9.17, 15) is 4.79 Å². The van der Waals surface area contributed by atoms with Crippen molar-refractivity contribution in [2.45, 2.75) is 49.4 Å². The number of benzene rings is 6. The van der Waals surface area contributed by atoms with Crippen molar-refractivity contribution in [2.75, 3.05) is 0 Å². The molecule has 2 bridgehead atoms. The number of aromatic nitrogens is 2. The van der Waals surface area contributed by atoms with E-state index in [-0.39, 0.29) is 28.5 Å². The molecule has 0 unspecified atom stereocenters. The highest BCUT2D eigenvalue weighted by Gasteiger charge is 2.80. The summed E-state index contributed by atoms with van der Waals surface area (Å²) in [5, 5.41) is 1.09. The maximum Gasteiger partial charge on any atom is 0.382 e. The lowest BCUT2D eigenvalue weighted by molar-refractivity contribution is -0.302. The van der Waals surface area contributed by atoms with E-state index in [2.05, 4.69) is 17.1 Å². The number of carbonyl (C=O) groups excluding carboxylic acids is 1. The van der Waals surface area contributed by atoms with Gasteiger partial charge in [-0.25, -0.2) is 0 Å². The van der Waals surface area contributed by atoms with Gasteiger partial charge < -0.3 is 4.40 Å². The number of fused-ring (bicyclic) bond motifs is 10. The summed E-state index contributed by atoms with van der Waals surface area (Å²) in [6.45, 7) is 0. The molecule has 4 aliphatic rings. The Morgan fingerprint density at radius 1 is 0.533 bits per heavy atom. The minimum atomic E-state index is -5.72. The molecule has 0 radical (unpaired) electrons. The molecule has 0 atom stereocenters. The Morgan fingerprint density at radius 3 is 1.72 bits per heavy atom. The second kappa shape index (κ2) is 12.1. The molecule has 60 heavy (non-hydrogen) atoms. The number of alkyl halides is 6. The summed E-state index contributed by atoms with van der Waals surface area (Å²) >= 11 is 0. The largest absolute Gasteiger partial charge is 0.382 e. The first-order valence-electron chi connectivity index (χ1n) is 20.2. The maximum absolute atomic E-state index is 16.2. The van der Waals surface area contributed by atoms with Crippen LogP contribution in [0, 0.1) is 5.92 Å². The van der Waals surface area contributed by atoms with E-state index < -0.39 is 34.4 Å². The summed E-state index contributed by atoms with van der Waals surface area (Å²) < 4.78 is 95.7. The molecule has 0 amide bonds. The van der Waals surface area contributed by atoms with Gasteiger partial charge in [-0.05, 0) is 118 Å². The number of ketones is 1. The molecule has 3 aromatic heterocycles. The van der Waals surface area contributed by atoms with Gasteiger partial charge >= 0.3 is 17.8 Å². The van der Waals surface area contributed by atoms with Crippen LogP contribution in [0.1, 0.15) is 58.8 Å². The highest BCUT2D eigenvalue weighted by molar-refractivity contribution is 6.26. The molecule has 13 rings (SSSR count). The highest BCUT2D eigenvalue weighted by Crippen LogP contribution is 2.65. The number of halogens is 6. The van der Waals surface area contributed by atoms with Crippen LogP contribution in [0.2, 0.25) is 0 Å². The van der Waals surface area contributed by atoms with Crippen molar-refractivity contribution in [3.8, 4) is 44.5 Å². The summed E-state index contributed by atoms with van der Waals surface area (Å²) in [4.78, 5) is 17.7. The minimum Gasteiger partial charge on any atom is -0.306 e. The van der Waals surface area contributed by atoms with E-state index in [4.69, 9.17) is 0 Å². The van der Waals surface area contributed by atoms with E-state index in [0.717, 1.165) is 81.8 Å². The van der Waals surface area contributed by atoms with Gasteiger partial charge in [0.2, 0.25) is 0 Å². The van der Waals surface area contributed by atoms with E-state index in [1.807, 2.05) is 103 Å². The Balaban J connectivity index is 1.27. The highest BCUT2D eigenvalue weighted by atomic mass is 19.3. The molecule has 3 heterocycles. The van der Waals surface area contributed by atoms with Crippen LogP contribution < -0.4 is 0 Å². The van der Waals surface area contributed by atoms with E-state index in [1.54, 1.807) is 16.5 Å². The SMILES string of the molecule is O=C1c2cc3c(cc2C2CCC1CC2)c1cc(-c2c(-c4ccccc4)cc(-c4ccccc4)cc2-c2ccccc2)cc2c4c5c(ncc4n3c12)C(F)(F)C(F)(F)C5(F)F. The van der Waals surface area contributed by atoms with Crippen LogP contribution in [0.25, 0.3) is 82.6 Å². The van der Waals surface area contributed by atoms with Gasteiger partial charge in [-0.3, -0.25) is 9.78 Å². The predicted octanol–water partition coefficient (Wildman–Crippen LogP) is 14.2. The Hall–Kier alpha value is -6.48. The maximum atomic E-state index is 16.2. The zero-order chi connectivity index (χ0) is 40.9. The quantitative estimate of drug-likeness (QED) is 0.166. The lowest BCUT2D eigenvalue weighted by atomic mass is 9.82. The molecule has 4 aliphatic carbocycles. The number of Topliss-reactive ketones (excluding diaryl/α,β-unsaturated/α-hetero) is 1. The summed E-state index contributed by atoms with van der Waals surface area (Å²) in [6, 6.07) is 41.2. The molecule has 0 aliphatic heterocycles. The monoisotopic (exact) mass is 802 g/mol. The average Bonchev–Trinajstić information content (AvgIpc) is 3.74. The number of rotatable bonds is 4. The molecule has 0 saturated heterocycles. The molecule has 294 valence electrons. The predicted molar refractivity (Wildman–Crippen MR) is 222 cm³/mol. The van der Waals surface area contributed by atoms with Crippen LogP contribution in [0.3, 0.4) is 0 Å². The van der Waals surface area contributed by atoms with Crippen molar-refractivity contribution in [3.63, 3.8) is 0 Å². The van der Waals surface area contributed by atoms with Crippen molar-refractivity contribution < 1.29 is 31.1 Å². The van der Waals surface area contributed by atoms with Crippen LogP contribution in [0.15, 0.2) is 134 Å². The summed E-state index contributed by atoms with van der Waals surface area (Å²) in [5.74, 6) is -16.1. The molecule has 1 fully saturated rings. The Kier molecular flexibility index (Phi) is 7.13. The van der Waals surface area contributed by atoms with E-state index in [1.165, 1.54) is 0 Å². The van der Waals surface area contributed by atoms with Gasteiger partial charge in [0.15, 0.2) is 5.78 Å². The third kappa shape index (κ3) is 4.52. The van der Waals surface area contributed by atoms with Crippen molar-refractivity contribution >= 4 is 43.9 Å². The lowest BCUT2D eigenvalue weighted by Crippen LogP contribution is -2.43. The second-order valence-electron chi connectivity index (χ2n) is 16.6. The van der Waals surface area contributed by atoms with Gasteiger partial charge in [0, 0.05) is 33.0 Å². The number of carbonyl (C=O) groups is 1. The standard InChI is InChI=1S/C51H32F6N2O/c52-49(53)45-44-40-23-33(43-35(28-12-6-2-7-13-28)20-32(27-10-4-1-5-11-27)21-36(43)29-14-8-3-9-15-29)22-38-37-24-34-30-16-18-31(19-17-30)47(60)39(34)25-41(37)59(46(38)40)42(44)26-58-48(45)50(54,55)51(49,56)57/h1-15,20-26,30-31H,16-19H2. The first-order valence-corrected chi connectivity index (χ1v) is 20.2. The zero-order valence-corrected chi connectivity index (χ0v) is 31.8. The Morgan fingerprint density at radius 2 is 1.10 bits per heavy atom. The van der Waals surface area contributed by atoms with Crippen LogP contribution >= 0.6 is 0 Å². The second-order valence-corrected chi connectivity index (χ2v) is 16.6. The third-order valence-corrected chi connectivity index (χ3v) is 13.5. The number of hydrogen-bond acceptors (Lipinski definition) is 2. The first kappa shape index (κ1) is 35.5. The van der Waals surface area contributed by atoms with Crippen molar-refractivity contribution in [1.82, 2.24) is 9.38 Å². The molecule has 0 spiro atoms. The molecule has 0 N–H and O–H groups in total. The van der Waals surface area contributed by atoms with Gasteiger partial charge in [0.1, 0.15) is 5.69 Å². The fraction of sp³-hybridized carbons (Fsp3) is 0.176. The van der Waals surface area contributed by atoms with E-state index >= 15 is 26.3 Å². The first-order chi connectivity index (χ1) is 29.0. The van der Waals surface area contributed by atoms with Crippen LogP contribution in [-0.4, -0.2) is 21.1 Å². The molecular weight excluding hydrogens is 771 g/mol. The topological polar surface area (TPSA) is 34.4 Å². The smallest absolute Gasteiger partial charge is 0.306 e. The fourth-order valence-corrected chi connectivity index (χ4v) is 10.7. The van der Waals surface area contributed by atoms with Crippen LogP contribution in [-0.2, 0) is 11.8 Å². The summed E-state index contributed by atoms with van der Waals surface area (Å²) in [6.07, 6.45) is 4.30. The van der Waals surface area contributed by atoms with E-state index in [0.29, 0.717) is 27.5 Å². The molecule has 9 aromatic rings. The van der Waals surface area contributed by atoms with Crippen molar-refractivity contribution in [1.29, 1.82) is 0 Å². The average molecular weight is 803 g/mol. The third-order valence-electron chi connectivity index (χ3n) is 13.5. The van der Waals surface area contributed by atoms with Crippen molar-refractivity contribution in [3.05, 3.63) is 156 Å². The minimum absolute atomic E-state index is 0.0101. The van der Waals surface area contributed by atoms with Gasteiger partial charge in [0.05, 0.1) is 28.3 Å². The molecule has 3 nitrogen and oxygen atoms in total. The van der Waals surface area contributed by atoms with Crippen molar-refractivity contribution in [2.24, 2.45) is 5.92 Å². The zero-order valence-electron chi connectivity index (χ0n) is 31.8. The normalized spacial score (nSPS) is 20.0. The van der Waals surface area contributed by atoms with Gasteiger partial charge in [-0.1, -0.05) is 91.0 Å². The Bertz CT molecular complexity index is 3200. The summed E-state index contributed by atoms with van der Waals surface area (Å²) in [7, 11) is 0. The fourth-order valence-electron chi connectivity index (χ4n) is 10.7. The number of nitrogens with zero attached hydrogens (tertiary/aromatic N) is 2. The lowest BCUT2D eigenvalue weighted by Gasteiger charge is -2.23. The number of hydrogen-bond donors (Lipinski definition) is 0. The number of pyridine rings is 1.